The van der Waals surface area contributed by atoms with Gasteiger partial charge in [0.15, 0.2) is 5.16 Å². The van der Waals surface area contributed by atoms with Crippen LogP contribution in [0.15, 0.2) is 34.3 Å². The van der Waals surface area contributed by atoms with Gasteiger partial charge in [-0.05, 0) is 39.0 Å². The second-order valence-corrected chi connectivity index (χ2v) is 10.2. The van der Waals surface area contributed by atoms with Crippen molar-refractivity contribution in [1.82, 2.24) is 13.9 Å². The van der Waals surface area contributed by atoms with Crippen LogP contribution in [0, 0.1) is 13.8 Å². The lowest BCUT2D eigenvalue weighted by molar-refractivity contribution is -0.115. The molecular weight excluding hydrogens is 412 g/mol. The normalized spacial score (nSPS) is 12.9. The fraction of sp³-hybridized carbons (Fsp3) is 0.474. The number of anilines is 1. The third kappa shape index (κ3) is 5.59. The first kappa shape index (κ1) is 23.4. The van der Waals surface area contributed by atoms with Gasteiger partial charge in [-0.1, -0.05) is 17.8 Å². The molecule has 0 radical (unpaired) electrons. The minimum absolute atomic E-state index is 0.127. The number of aromatic nitrogens is 2. The third-order valence-corrected chi connectivity index (χ3v) is 7.37. The van der Waals surface area contributed by atoms with Crippen molar-refractivity contribution in [2.45, 2.75) is 42.6 Å². The van der Waals surface area contributed by atoms with Crippen LogP contribution in [0.1, 0.15) is 18.3 Å². The fourth-order valence-corrected chi connectivity index (χ4v) is 4.54. The van der Waals surface area contributed by atoms with Crippen molar-refractivity contribution in [3.63, 3.8) is 0 Å². The van der Waals surface area contributed by atoms with Crippen molar-refractivity contribution < 1.29 is 17.9 Å². The summed E-state index contributed by atoms with van der Waals surface area (Å²) in [5, 5.41) is 3.12. The molecule has 10 heteroatoms. The van der Waals surface area contributed by atoms with E-state index >= 15 is 0 Å². The molecule has 0 aliphatic rings. The molecule has 1 N–H and O–H groups in total. The smallest absolute Gasteiger partial charge is 0.242 e. The number of rotatable bonds is 9. The first-order valence-corrected chi connectivity index (χ1v) is 11.4. The highest BCUT2D eigenvalue weighted by Gasteiger charge is 2.21. The van der Waals surface area contributed by atoms with Gasteiger partial charge in [-0.25, -0.2) is 17.7 Å². The van der Waals surface area contributed by atoms with Crippen LogP contribution in [0.25, 0.3) is 0 Å². The van der Waals surface area contributed by atoms with E-state index in [-0.39, 0.29) is 10.8 Å². The summed E-state index contributed by atoms with van der Waals surface area (Å²) in [4.78, 5) is 17.4. The van der Waals surface area contributed by atoms with E-state index in [1.165, 1.54) is 38.0 Å². The Balaban J connectivity index is 2.14. The molecule has 0 aliphatic carbocycles. The molecule has 0 aliphatic heterocycles. The monoisotopic (exact) mass is 440 g/mol. The number of carbonyl (C=O) groups is 1. The Hall–Kier alpha value is -1.88. The van der Waals surface area contributed by atoms with Crippen molar-refractivity contribution >= 4 is 33.4 Å². The van der Waals surface area contributed by atoms with Crippen LogP contribution in [0.4, 0.5) is 5.69 Å². The summed E-state index contributed by atoms with van der Waals surface area (Å²) in [6.45, 7) is 6.93. The van der Waals surface area contributed by atoms with E-state index in [9.17, 15) is 13.2 Å². The molecule has 0 fully saturated rings. The predicted molar refractivity (Wildman–Crippen MR) is 115 cm³/mol. The van der Waals surface area contributed by atoms with Crippen molar-refractivity contribution in [1.29, 1.82) is 0 Å². The Morgan fingerprint density at radius 1 is 1.34 bits per heavy atom. The van der Waals surface area contributed by atoms with E-state index in [4.69, 9.17) is 4.74 Å². The standard InChI is InChI=1S/C19H28N4O4S2/c1-13-14(2)23(10-11-27-6)19(20-13)28-15(3)18(24)21-16-8-7-9-17(12-16)29(25,26)22(4)5/h7-9,12,15H,10-11H2,1-6H3,(H,21,24). The Bertz CT molecular complexity index is 971. The van der Waals surface area contributed by atoms with E-state index < -0.39 is 15.3 Å². The molecule has 1 amide bonds. The van der Waals surface area contributed by atoms with Crippen LogP contribution in [-0.4, -0.2) is 61.2 Å². The molecule has 160 valence electrons. The molecule has 1 atom stereocenters. The lowest BCUT2D eigenvalue weighted by Crippen LogP contribution is -2.24. The Labute approximate surface area is 176 Å². The lowest BCUT2D eigenvalue weighted by atomic mass is 10.3. The summed E-state index contributed by atoms with van der Waals surface area (Å²) in [7, 11) is 1.01. The van der Waals surface area contributed by atoms with Gasteiger partial charge < -0.3 is 14.6 Å². The zero-order valence-electron chi connectivity index (χ0n) is 17.6. The Morgan fingerprint density at radius 2 is 2.03 bits per heavy atom. The molecule has 0 saturated carbocycles. The number of hydrogen-bond acceptors (Lipinski definition) is 6. The van der Waals surface area contributed by atoms with E-state index in [1.54, 1.807) is 26.2 Å². The topological polar surface area (TPSA) is 93.5 Å². The minimum Gasteiger partial charge on any atom is -0.383 e. The third-order valence-electron chi connectivity index (χ3n) is 4.47. The lowest BCUT2D eigenvalue weighted by Gasteiger charge is -2.15. The first-order chi connectivity index (χ1) is 13.6. The quantitative estimate of drug-likeness (QED) is 0.602. The Kier molecular flexibility index (Phi) is 7.87. The molecule has 1 unspecified atom stereocenters. The summed E-state index contributed by atoms with van der Waals surface area (Å²) in [5.74, 6) is -0.231. The number of hydrogen-bond donors (Lipinski definition) is 1. The molecule has 2 rings (SSSR count). The minimum atomic E-state index is -3.57. The molecule has 1 aromatic heterocycles. The second-order valence-electron chi connectivity index (χ2n) is 6.77. The van der Waals surface area contributed by atoms with Gasteiger partial charge >= 0.3 is 0 Å². The van der Waals surface area contributed by atoms with Crippen molar-refractivity contribution in [3.05, 3.63) is 35.7 Å². The summed E-state index contributed by atoms with van der Waals surface area (Å²) < 4.78 is 32.9. The van der Waals surface area contributed by atoms with Crippen molar-refractivity contribution in [2.24, 2.45) is 0 Å². The maximum Gasteiger partial charge on any atom is 0.242 e. The van der Waals surface area contributed by atoms with Crippen LogP contribution in [0.5, 0.6) is 0 Å². The zero-order chi connectivity index (χ0) is 21.8. The number of aryl methyl sites for hydroxylation is 1. The second kappa shape index (κ2) is 9.75. The molecule has 1 heterocycles. The SMILES string of the molecule is COCCn1c(SC(C)C(=O)Nc2cccc(S(=O)(=O)N(C)C)c2)nc(C)c1C. The molecule has 29 heavy (non-hydrogen) atoms. The van der Waals surface area contributed by atoms with Crippen molar-refractivity contribution in [2.75, 3.05) is 33.1 Å². The number of nitrogens with one attached hydrogen (secondary N) is 1. The van der Waals surface area contributed by atoms with Crippen LogP contribution < -0.4 is 5.32 Å². The zero-order valence-corrected chi connectivity index (χ0v) is 19.2. The summed E-state index contributed by atoms with van der Waals surface area (Å²) >= 11 is 1.36. The predicted octanol–water partition coefficient (Wildman–Crippen LogP) is 2.52. The number of sulfonamides is 1. The molecule has 8 nitrogen and oxygen atoms in total. The van der Waals surface area contributed by atoms with E-state index in [2.05, 4.69) is 10.3 Å². The number of benzene rings is 1. The summed E-state index contributed by atoms with van der Waals surface area (Å²) in [6, 6.07) is 6.23. The van der Waals surface area contributed by atoms with Gasteiger partial charge in [0.2, 0.25) is 15.9 Å². The highest BCUT2D eigenvalue weighted by atomic mass is 32.2. The van der Waals surface area contributed by atoms with Gasteiger partial charge in [0.05, 0.1) is 22.4 Å². The molecular formula is C19H28N4O4S2. The van der Waals surface area contributed by atoms with Gasteiger partial charge in [-0.3, -0.25) is 4.79 Å². The van der Waals surface area contributed by atoms with Crippen LogP contribution in [0.3, 0.4) is 0 Å². The summed E-state index contributed by atoms with van der Waals surface area (Å²) in [5.41, 5.74) is 2.39. The fourth-order valence-electron chi connectivity index (χ4n) is 2.56. The number of nitrogens with zero attached hydrogens (tertiary/aromatic N) is 3. The molecule has 0 spiro atoms. The van der Waals surface area contributed by atoms with Gasteiger partial charge in [-0.2, -0.15) is 0 Å². The number of thioether (sulfide) groups is 1. The number of ether oxygens (including phenoxy) is 1. The maximum absolute atomic E-state index is 12.7. The van der Waals surface area contributed by atoms with Gasteiger partial charge in [0.1, 0.15) is 0 Å². The molecule has 0 saturated heterocycles. The number of carbonyl (C=O) groups excluding carboxylic acids is 1. The number of methoxy groups -OCH3 is 1. The first-order valence-electron chi connectivity index (χ1n) is 9.10. The van der Waals surface area contributed by atoms with E-state index in [0.29, 0.717) is 18.8 Å². The highest BCUT2D eigenvalue weighted by molar-refractivity contribution is 8.00. The number of amides is 1. The molecule has 2 aromatic rings. The maximum atomic E-state index is 12.7. The van der Waals surface area contributed by atoms with Crippen molar-refractivity contribution in [3.8, 4) is 0 Å². The van der Waals surface area contributed by atoms with Crippen LogP contribution >= 0.6 is 11.8 Å². The average Bonchev–Trinajstić information content (AvgIpc) is 2.93. The van der Waals surface area contributed by atoms with Gasteiger partial charge in [0, 0.05) is 39.1 Å². The van der Waals surface area contributed by atoms with Gasteiger partial charge in [0.25, 0.3) is 0 Å². The number of imidazole rings is 1. The van der Waals surface area contributed by atoms with Crippen LogP contribution in [-0.2, 0) is 26.1 Å². The van der Waals surface area contributed by atoms with Gasteiger partial charge in [-0.15, -0.1) is 0 Å². The average molecular weight is 441 g/mol. The molecule has 0 bridgehead atoms. The summed E-state index contributed by atoms with van der Waals surface area (Å²) in [6.07, 6.45) is 0. The molecule has 1 aromatic carbocycles. The largest absolute Gasteiger partial charge is 0.383 e. The highest BCUT2D eigenvalue weighted by Crippen LogP contribution is 2.26. The van der Waals surface area contributed by atoms with E-state index in [0.717, 1.165) is 20.8 Å². The van der Waals surface area contributed by atoms with E-state index in [1.807, 2.05) is 18.4 Å². The Morgan fingerprint density at radius 3 is 2.66 bits per heavy atom. The van der Waals surface area contributed by atoms with Crippen LogP contribution in [0.2, 0.25) is 0 Å².